The van der Waals surface area contributed by atoms with E-state index in [0.29, 0.717) is 18.9 Å². The van der Waals surface area contributed by atoms with E-state index in [2.05, 4.69) is 5.32 Å². The lowest BCUT2D eigenvalue weighted by atomic mass is 10.2. The Morgan fingerprint density at radius 2 is 2.28 bits per heavy atom. The van der Waals surface area contributed by atoms with Crippen molar-refractivity contribution in [1.29, 1.82) is 0 Å². The highest BCUT2D eigenvalue weighted by Gasteiger charge is 2.42. The molecule has 1 aromatic rings. The largest absolute Gasteiger partial charge is 0.493 e. The molecule has 18 heavy (non-hydrogen) atoms. The molecular weight excluding hydrogens is 250 g/mol. The first kappa shape index (κ1) is 13.2. The van der Waals surface area contributed by atoms with Crippen LogP contribution >= 0.6 is 11.6 Å². The van der Waals surface area contributed by atoms with Gasteiger partial charge in [-0.3, -0.25) is 4.79 Å². The second-order valence-electron chi connectivity index (χ2n) is 4.88. The van der Waals surface area contributed by atoms with Gasteiger partial charge in [0.15, 0.2) is 0 Å². The van der Waals surface area contributed by atoms with Gasteiger partial charge in [0.1, 0.15) is 5.75 Å². The Morgan fingerprint density at radius 1 is 1.50 bits per heavy atom. The van der Waals surface area contributed by atoms with Crippen LogP contribution in [0.5, 0.6) is 5.75 Å². The van der Waals surface area contributed by atoms with E-state index in [1.165, 1.54) is 0 Å². The number of hydrogen-bond acceptors (Lipinski definition) is 2. The number of halogens is 1. The number of amides is 1. The van der Waals surface area contributed by atoms with Crippen molar-refractivity contribution in [1.82, 2.24) is 5.32 Å². The third-order valence-corrected chi connectivity index (χ3v) is 3.61. The smallest absolute Gasteiger partial charge is 0.223 e. The zero-order valence-electron chi connectivity index (χ0n) is 10.5. The first-order chi connectivity index (χ1) is 8.63. The van der Waals surface area contributed by atoms with Crippen molar-refractivity contribution in [2.24, 2.45) is 0 Å². The molecular formula is C14H18ClNO2. The Morgan fingerprint density at radius 3 is 2.89 bits per heavy atom. The molecule has 0 aliphatic heterocycles. The lowest BCUT2D eigenvalue weighted by molar-refractivity contribution is -0.122. The zero-order chi connectivity index (χ0) is 13.0. The molecule has 1 saturated carbocycles. The van der Waals surface area contributed by atoms with Crippen LogP contribution in [0.2, 0.25) is 0 Å². The van der Waals surface area contributed by atoms with Gasteiger partial charge in [-0.25, -0.2) is 0 Å². The Hall–Kier alpha value is -1.22. The predicted molar refractivity (Wildman–Crippen MR) is 72.1 cm³/mol. The normalized spacial score (nSPS) is 16.1. The number of rotatable bonds is 6. The summed E-state index contributed by atoms with van der Waals surface area (Å²) in [5.41, 5.74) is 1.03. The Bertz CT molecular complexity index is 430. The molecule has 0 heterocycles. The molecule has 1 amide bonds. The maximum Gasteiger partial charge on any atom is 0.223 e. The number of alkyl halides is 1. The van der Waals surface area contributed by atoms with E-state index in [0.717, 1.165) is 24.2 Å². The van der Waals surface area contributed by atoms with Crippen LogP contribution in [0.25, 0.3) is 0 Å². The van der Waals surface area contributed by atoms with Gasteiger partial charge < -0.3 is 10.1 Å². The average molecular weight is 268 g/mol. The highest BCUT2D eigenvalue weighted by Crippen LogP contribution is 2.36. The van der Waals surface area contributed by atoms with E-state index in [-0.39, 0.29) is 11.4 Å². The standard InChI is InChI=1S/C14H18ClNO2/c1-11-3-2-4-12(9-11)18-8-5-13(17)16-14(10-15)6-7-14/h2-4,9H,5-8,10H2,1H3,(H,16,17). The summed E-state index contributed by atoms with van der Waals surface area (Å²) in [6, 6.07) is 7.80. The van der Waals surface area contributed by atoms with E-state index < -0.39 is 0 Å². The van der Waals surface area contributed by atoms with Gasteiger partial charge in [0.25, 0.3) is 0 Å². The van der Waals surface area contributed by atoms with Gasteiger partial charge in [-0.2, -0.15) is 0 Å². The third-order valence-electron chi connectivity index (χ3n) is 3.10. The predicted octanol–water partition coefficient (Wildman–Crippen LogP) is 2.65. The lowest BCUT2D eigenvalue weighted by Gasteiger charge is -2.14. The number of carbonyl (C=O) groups excluding carboxylic acids is 1. The van der Waals surface area contributed by atoms with Crippen LogP contribution in [-0.2, 0) is 4.79 Å². The van der Waals surface area contributed by atoms with Crippen LogP contribution in [0, 0.1) is 6.92 Å². The molecule has 0 spiro atoms. The summed E-state index contributed by atoms with van der Waals surface area (Å²) in [7, 11) is 0. The van der Waals surface area contributed by atoms with Gasteiger partial charge >= 0.3 is 0 Å². The number of carbonyl (C=O) groups is 1. The van der Waals surface area contributed by atoms with Gasteiger partial charge in [0.05, 0.1) is 18.6 Å². The molecule has 1 aliphatic rings. The molecule has 0 saturated heterocycles. The van der Waals surface area contributed by atoms with Crippen LogP contribution in [0.1, 0.15) is 24.8 Å². The molecule has 1 N–H and O–H groups in total. The molecule has 1 fully saturated rings. The highest BCUT2D eigenvalue weighted by molar-refractivity contribution is 6.19. The van der Waals surface area contributed by atoms with Crippen LogP contribution in [0.15, 0.2) is 24.3 Å². The van der Waals surface area contributed by atoms with Crippen molar-refractivity contribution in [2.45, 2.75) is 31.7 Å². The van der Waals surface area contributed by atoms with Crippen LogP contribution in [0.3, 0.4) is 0 Å². The van der Waals surface area contributed by atoms with E-state index in [1.54, 1.807) is 0 Å². The molecule has 0 aromatic heterocycles. The quantitative estimate of drug-likeness (QED) is 0.805. The molecule has 2 rings (SSSR count). The molecule has 0 radical (unpaired) electrons. The van der Waals surface area contributed by atoms with E-state index in [9.17, 15) is 4.79 Å². The maximum atomic E-state index is 11.7. The van der Waals surface area contributed by atoms with Gasteiger partial charge in [-0.1, -0.05) is 12.1 Å². The minimum atomic E-state index is -0.123. The van der Waals surface area contributed by atoms with E-state index in [4.69, 9.17) is 16.3 Å². The molecule has 3 nitrogen and oxygen atoms in total. The zero-order valence-corrected chi connectivity index (χ0v) is 11.3. The van der Waals surface area contributed by atoms with Crippen LogP contribution in [0.4, 0.5) is 0 Å². The van der Waals surface area contributed by atoms with E-state index in [1.807, 2.05) is 31.2 Å². The number of ether oxygens (including phenoxy) is 1. The van der Waals surface area contributed by atoms with Crippen LogP contribution in [-0.4, -0.2) is 23.9 Å². The number of benzene rings is 1. The minimum Gasteiger partial charge on any atom is -0.493 e. The van der Waals surface area contributed by atoms with E-state index >= 15 is 0 Å². The SMILES string of the molecule is Cc1cccc(OCCC(=O)NC2(CCl)CC2)c1. The summed E-state index contributed by atoms with van der Waals surface area (Å²) < 4.78 is 5.53. The third kappa shape index (κ3) is 3.64. The maximum absolute atomic E-state index is 11.7. The summed E-state index contributed by atoms with van der Waals surface area (Å²) in [4.78, 5) is 11.7. The second-order valence-corrected chi connectivity index (χ2v) is 5.14. The summed E-state index contributed by atoms with van der Waals surface area (Å²) in [6.07, 6.45) is 2.34. The Labute approximate surface area is 112 Å². The lowest BCUT2D eigenvalue weighted by Crippen LogP contribution is -2.38. The first-order valence-corrected chi connectivity index (χ1v) is 6.73. The molecule has 4 heteroatoms. The number of aryl methyl sites for hydroxylation is 1. The van der Waals surface area contributed by atoms with Crippen molar-refractivity contribution in [3.63, 3.8) is 0 Å². The summed E-state index contributed by atoms with van der Waals surface area (Å²) in [5.74, 6) is 1.32. The van der Waals surface area contributed by atoms with Gasteiger partial charge in [-0.05, 0) is 37.5 Å². The van der Waals surface area contributed by atoms with Crippen LogP contribution < -0.4 is 10.1 Å². The fourth-order valence-electron chi connectivity index (χ4n) is 1.77. The van der Waals surface area contributed by atoms with Gasteiger partial charge in [0, 0.05) is 5.88 Å². The minimum absolute atomic E-state index is 0.0146. The van der Waals surface area contributed by atoms with Crippen molar-refractivity contribution in [3.05, 3.63) is 29.8 Å². The molecule has 0 atom stereocenters. The number of hydrogen-bond donors (Lipinski definition) is 1. The molecule has 1 aromatic carbocycles. The highest BCUT2D eigenvalue weighted by atomic mass is 35.5. The van der Waals surface area contributed by atoms with Crippen molar-refractivity contribution in [3.8, 4) is 5.75 Å². The fraction of sp³-hybridized carbons (Fsp3) is 0.500. The number of nitrogens with one attached hydrogen (secondary N) is 1. The monoisotopic (exact) mass is 267 g/mol. The molecule has 98 valence electrons. The van der Waals surface area contributed by atoms with Gasteiger partial charge in [0.2, 0.25) is 5.91 Å². The first-order valence-electron chi connectivity index (χ1n) is 6.20. The summed E-state index contributed by atoms with van der Waals surface area (Å²) >= 11 is 5.80. The Balaban J connectivity index is 1.70. The molecule has 0 bridgehead atoms. The summed E-state index contributed by atoms with van der Waals surface area (Å²) in [6.45, 7) is 2.41. The second kappa shape index (κ2) is 5.61. The van der Waals surface area contributed by atoms with Crippen molar-refractivity contribution < 1.29 is 9.53 Å². The molecule has 1 aliphatic carbocycles. The molecule has 0 unspecified atom stereocenters. The Kier molecular flexibility index (Phi) is 4.12. The van der Waals surface area contributed by atoms with Crippen molar-refractivity contribution in [2.75, 3.05) is 12.5 Å². The van der Waals surface area contributed by atoms with Crippen molar-refractivity contribution >= 4 is 17.5 Å². The fourth-order valence-corrected chi connectivity index (χ4v) is 2.10. The topological polar surface area (TPSA) is 38.3 Å². The van der Waals surface area contributed by atoms with Gasteiger partial charge in [-0.15, -0.1) is 11.6 Å². The summed E-state index contributed by atoms with van der Waals surface area (Å²) in [5, 5.41) is 2.96. The average Bonchev–Trinajstić information content (AvgIpc) is 3.09.